The SMILES string of the molecule is Cc1ccoc1CNC1CC2CCC(C1)N2C(=O)OC(C)(C)C. The lowest BCUT2D eigenvalue weighted by molar-refractivity contribution is 0.00458. The predicted octanol–water partition coefficient (Wildman–Crippen LogP) is 3.61. The lowest BCUT2D eigenvalue weighted by Crippen LogP contribution is -2.52. The van der Waals surface area contributed by atoms with Crippen molar-refractivity contribution in [3.8, 4) is 0 Å². The maximum absolute atomic E-state index is 12.4. The summed E-state index contributed by atoms with van der Waals surface area (Å²) in [6.07, 6.45) is 5.75. The van der Waals surface area contributed by atoms with Gasteiger partial charge in [-0.2, -0.15) is 0 Å². The Hall–Kier alpha value is -1.49. The summed E-state index contributed by atoms with van der Waals surface area (Å²) in [4.78, 5) is 14.4. The van der Waals surface area contributed by atoms with Crippen molar-refractivity contribution in [2.75, 3.05) is 0 Å². The topological polar surface area (TPSA) is 54.7 Å². The van der Waals surface area contributed by atoms with Crippen molar-refractivity contribution >= 4 is 6.09 Å². The number of fused-ring (bicyclic) bond motifs is 2. The monoisotopic (exact) mass is 320 g/mol. The van der Waals surface area contributed by atoms with Crippen LogP contribution in [0.2, 0.25) is 0 Å². The highest BCUT2D eigenvalue weighted by molar-refractivity contribution is 5.69. The molecule has 2 aliphatic rings. The van der Waals surface area contributed by atoms with Crippen LogP contribution in [0, 0.1) is 6.92 Å². The molecule has 1 N–H and O–H groups in total. The molecule has 5 heteroatoms. The fourth-order valence-electron chi connectivity index (χ4n) is 3.78. The van der Waals surface area contributed by atoms with Gasteiger partial charge in [0.2, 0.25) is 0 Å². The fraction of sp³-hybridized carbons (Fsp3) is 0.722. The van der Waals surface area contributed by atoms with Crippen LogP contribution in [-0.4, -0.2) is 34.7 Å². The number of hydrogen-bond donors (Lipinski definition) is 1. The molecule has 2 bridgehead atoms. The molecule has 3 heterocycles. The number of aryl methyl sites for hydroxylation is 1. The number of carbonyl (C=O) groups excluding carboxylic acids is 1. The van der Waals surface area contributed by atoms with E-state index in [1.165, 1.54) is 5.56 Å². The normalized spacial score (nSPS) is 27.3. The first kappa shape index (κ1) is 16.4. The highest BCUT2D eigenvalue weighted by Gasteiger charge is 2.44. The molecule has 1 aromatic heterocycles. The van der Waals surface area contributed by atoms with Crippen molar-refractivity contribution < 1.29 is 13.9 Å². The van der Waals surface area contributed by atoms with Gasteiger partial charge in [0.25, 0.3) is 0 Å². The third-order valence-electron chi connectivity index (χ3n) is 4.86. The summed E-state index contributed by atoms with van der Waals surface area (Å²) < 4.78 is 11.1. The maximum atomic E-state index is 12.4. The number of carbonyl (C=O) groups is 1. The fourth-order valence-corrected chi connectivity index (χ4v) is 3.78. The minimum absolute atomic E-state index is 0.148. The van der Waals surface area contributed by atoms with Gasteiger partial charge in [-0.25, -0.2) is 4.79 Å². The number of furan rings is 1. The largest absolute Gasteiger partial charge is 0.468 e. The van der Waals surface area contributed by atoms with Crippen LogP contribution in [0.5, 0.6) is 0 Å². The highest BCUT2D eigenvalue weighted by atomic mass is 16.6. The van der Waals surface area contributed by atoms with Gasteiger partial charge in [0, 0.05) is 18.1 Å². The molecule has 2 unspecified atom stereocenters. The molecular weight excluding hydrogens is 292 g/mol. The van der Waals surface area contributed by atoms with Crippen molar-refractivity contribution in [1.29, 1.82) is 0 Å². The maximum Gasteiger partial charge on any atom is 0.410 e. The first-order valence-corrected chi connectivity index (χ1v) is 8.61. The number of piperidine rings is 1. The molecule has 0 aromatic carbocycles. The number of amides is 1. The van der Waals surface area contributed by atoms with E-state index in [1.807, 2.05) is 31.7 Å². The van der Waals surface area contributed by atoms with Crippen LogP contribution in [0.25, 0.3) is 0 Å². The highest BCUT2D eigenvalue weighted by Crippen LogP contribution is 2.37. The molecule has 1 amide bonds. The molecule has 2 saturated heterocycles. The Morgan fingerprint density at radius 1 is 1.35 bits per heavy atom. The first-order chi connectivity index (χ1) is 10.8. The van der Waals surface area contributed by atoms with Crippen LogP contribution >= 0.6 is 0 Å². The molecule has 2 fully saturated rings. The summed E-state index contributed by atoms with van der Waals surface area (Å²) in [5, 5.41) is 3.60. The van der Waals surface area contributed by atoms with Crippen LogP contribution in [0.3, 0.4) is 0 Å². The Balaban J connectivity index is 1.56. The lowest BCUT2D eigenvalue weighted by Gasteiger charge is -2.39. The Bertz CT molecular complexity index is 547. The summed E-state index contributed by atoms with van der Waals surface area (Å²) >= 11 is 0. The van der Waals surface area contributed by atoms with E-state index >= 15 is 0 Å². The third-order valence-corrected chi connectivity index (χ3v) is 4.86. The van der Waals surface area contributed by atoms with Crippen LogP contribution in [0.1, 0.15) is 57.8 Å². The van der Waals surface area contributed by atoms with Crippen LogP contribution in [0.15, 0.2) is 16.7 Å². The summed E-state index contributed by atoms with van der Waals surface area (Å²) in [6, 6.07) is 3.04. The molecule has 2 atom stereocenters. The van der Waals surface area contributed by atoms with Gasteiger partial charge in [-0.3, -0.25) is 0 Å². The minimum atomic E-state index is -0.428. The van der Waals surface area contributed by atoms with E-state index in [0.717, 1.165) is 38.0 Å². The van der Waals surface area contributed by atoms with Gasteiger partial charge in [-0.05, 0) is 65.0 Å². The molecule has 23 heavy (non-hydrogen) atoms. The number of rotatable bonds is 3. The zero-order chi connectivity index (χ0) is 16.6. The smallest absolute Gasteiger partial charge is 0.410 e. The molecule has 0 spiro atoms. The van der Waals surface area contributed by atoms with Gasteiger partial charge in [-0.15, -0.1) is 0 Å². The molecule has 0 aliphatic carbocycles. The number of nitrogens with one attached hydrogen (secondary N) is 1. The zero-order valence-electron chi connectivity index (χ0n) is 14.6. The summed E-state index contributed by atoms with van der Waals surface area (Å²) in [5.74, 6) is 1.01. The van der Waals surface area contributed by atoms with E-state index < -0.39 is 5.60 Å². The van der Waals surface area contributed by atoms with Crippen molar-refractivity contribution in [2.24, 2.45) is 0 Å². The number of nitrogens with zero attached hydrogens (tertiary/aromatic N) is 1. The van der Waals surface area contributed by atoms with Gasteiger partial charge in [0.05, 0.1) is 12.8 Å². The van der Waals surface area contributed by atoms with Crippen molar-refractivity contribution in [2.45, 2.75) is 83.6 Å². The molecule has 0 radical (unpaired) electrons. The Kier molecular flexibility index (Phi) is 4.41. The molecule has 128 valence electrons. The molecule has 1 aromatic rings. The molecule has 2 aliphatic heterocycles. The average molecular weight is 320 g/mol. The van der Waals surface area contributed by atoms with Gasteiger partial charge in [0.15, 0.2) is 0 Å². The number of ether oxygens (including phenoxy) is 1. The van der Waals surface area contributed by atoms with Gasteiger partial charge < -0.3 is 19.4 Å². The van der Waals surface area contributed by atoms with E-state index in [0.29, 0.717) is 18.1 Å². The Morgan fingerprint density at radius 2 is 2.00 bits per heavy atom. The quantitative estimate of drug-likeness (QED) is 0.924. The molecular formula is C18H28N2O3. The standard InChI is InChI=1S/C18H28N2O3/c1-12-7-8-22-16(12)11-19-13-9-14-5-6-15(10-13)20(14)17(21)23-18(2,3)4/h7-8,13-15,19H,5-6,9-11H2,1-4H3. The summed E-state index contributed by atoms with van der Waals surface area (Å²) in [5.41, 5.74) is 0.759. The predicted molar refractivity (Wildman–Crippen MR) is 88.2 cm³/mol. The molecule has 3 rings (SSSR count). The Labute approximate surface area is 138 Å². The van der Waals surface area contributed by atoms with Gasteiger partial charge >= 0.3 is 6.09 Å². The average Bonchev–Trinajstić information content (AvgIpc) is 2.96. The van der Waals surface area contributed by atoms with Gasteiger partial charge in [-0.1, -0.05) is 0 Å². The van der Waals surface area contributed by atoms with Gasteiger partial charge in [0.1, 0.15) is 11.4 Å². The van der Waals surface area contributed by atoms with Crippen LogP contribution in [0.4, 0.5) is 4.79 Å². The van der Waals surface area contributed by atoms with E-state index in [1.54, 1.807) is 6.26 Å². The van der Waals surface area contributed by atoms with Crippen molar-refractivity contribution in [1.82, 2.24) is 10.2 Å². The molecule has 5 nitrogen and oxygen atoms in total. The van der Waals surface area contributed by atoms with Crippen molar-refractivity contribution in [3.05, 3.63) is 23.7 Å². The van der Waals surface area contributed by atoms with E-state index in [9.17, 15) is 4.79 Å². The third kappa shape index (κ3) is 3.71. The van der Waals surface area contributed by atoms with E-state index in [-0.39, 0.29) is 6.09 Å². The zero-order valence-corrected chi connectivity index (χ0v) is 14.6. The van der Waals surface area contributed by atoms with Crippen LogP contribution < -0.4 is 5.32 Å². The summed E-state index contributed by atoms with van der Waals surface area (Å²) in [6.45, 7) is 8.59. The van der Waals surface area contributed by atoms with Crippen molar-refractivity contribution in [3.63, 3.8) is 0 Å². The van der Waals surface area contributed by atoms with E-state index in [4.69, 9.17) is 9.15 Å². The second-order valence-electron chi connectivity index (χ2n) is 7.85. The minimum Gasteiger partial charge on any atom is -0.468 e. The summed E-state index contributed by atoms with van der Waals surface area (Å²) in [7, 11) is 0. The second-order valence-corrected chi connectivity index (χ2v) is 7.85. The first-order valence-electron chi connectivity index (χ1n) is 8.61. The lowest BCUT2D eigenvalue weighted by atomic mass is 9.97. The Morgan fingerprint density at radius 3 is 2.52 bits per heavy atom. The number of hydrogen-bond acceptors (Lipinski definition) is 4. The van der Waals surface area contributed by atoms with Crippen LogP contribution in [-0.2, 0) is 11.3 Å². The van der Waals surface area contributed by atoms with E-state index in [2.05, 4.69) is 12.2 Å². The molecule has 0 saturated carbocycles. The second kappa shape index (κ2) is 6.19.